The molecule has 0 saturated carbocycles. The summed E-state index contributed by atoms with van der Waals surface area (Å²) in [6, 6.07) is 11.8. The number of hydrogen-bond acceptors (Lipinski definition) is 5. The normalized spacial score (nSPS) is 15.0. The molecule has 0 spiro atoms. The number of amides is 1. The van der Waals surface area contributed by atoms with Crippen molar-refractivity contribution < 1.29 is 24.5 Å². The maximum absolute atomic E-state index is 11.6. The van der Waals surface area contributed by atoms with Crippen molar-refractivity contribution in [1.82, 2.24) is 5.32 Å². The molecule has 2 aromatic rings. The highest BCUT2D eigenvalue weighted by molar-refractivity contribution is 6.53. The zero-order chi connectivity index (χ0) is 18.7. The van der Waals surface area contributed by atoms with Gasteiger partial charge in [0.25, 0.3) is 5.91 Å². The fourth-order valence-electron chi connectivity index (χ4n) is 2.65. The molecular formula is C18H17Cl2NO5. The number of aliphatic hydroxyl groups excluding tert-OH is 2. The Bertz CT molecular complexity index is 782. The van der Waals surface area contributed by atoms with Gasteiger partial charge in [0.2, 0.25) is 6.79 Å². The Morgan fingerprint density at radius 1 is 1.08 bits per heavy atom. The summed E-state index contributed by atoms with van der Waals surface area (Å²) < 4.78 is 10.7. The molecule has 0 aliphatic carbocycles. The van der Waals surface area contributed by atoms with Crippen LogP contribution in [0.3, 0.4) is 0 Å². The van der Waals surface area contributed by atoms with E-state index < -0.39 is 29.5 Å². The quantitative estimate of drug-likeness (QED) is 0.651. The van der Waals surface area contributed by atoms with Crippen molar-refractivity contribution in [2.45, 2.75) is 17.0 Å². The molecule has 0 unspecified atom stereocenters. The monoisotopic (exact) mass is 397 g/mol. The molecule has 138 valence electrons. The lowest BCUT2D eigenvalue weighted by molar-refractivity contribution is -0.121. The van der Waals surface area contributed by atoms with Crippen molar-refractivity contribution in [1.29, 1.82) is 0 Å². The summed E-state index contributed by atoms with van der Waals surface area (Å²) >= 11 is 11.0. The Labute approximate surface area is 160 Å². The molecule has 6 nitrogen and oxygen atoms in total. The summed E-state index contributed by atoms with van der Waals surface area (Å²) in [6.07, 6.45) is -1.11. The van der Waals surface area contributed by atoms with Gasteiger partial charge in [-0.1, -0.05) is 53.5 Å². The Morgan fingerprint density at radius 3 is 2.38 bits per heavy atom. The van der Waals surface area contributed by atoms with Gasteiger partial charge in [0, 0.05) is 0 Å². The molecule has 3 N–H and O–H groups in total. The highest BCUT2D eigenvalue weighted by atomic mass is 35.5. The second-order valence-electron chi connectivity index (χ2n) is 5.73. The van der Waals surface area contributed by atoms with Crippen molar-refractivity contribution in [3.05, 3.63) is 48.0 Å². The number of benzene rings is 2. The first kappa shape index (κ1) is 18.8. The van der Waals surface area contributed by atoms with E-state index in [1.165, 1.54) is 0 Å². The van der Waals surface area contributed by atoms with Crippen LogP contribution in [0.1, 0.15) is 11.7 Å². The number of nitrogens with one attached hydrogen (secondary N) is 1. The van der Waals surface area contributed by atoms with Gasteiger partial charge in [0.1, 0.15) is 6.10 Å². The molecule has 0 saturated heterocycles. The molecule has 2 aromatic carbocycles. The Hall–Kier alpha value is -1.99. The van der Waals surface area contributed by atoms with Crippen LogP contribution in [-0.4, -0.2) is 40.4 Å². The van der Waals surface area contributed by atoms with Crippen LogP contribution in [0.2, 0.25) is 0 Å². The molecule has 8 heteroatoms. The van der Waals surface area contributed by atoms with E-state index in [1.807, 2.05) is 30.3 Å². The average Bonchev–Trinajstić information content (AvgIpc) is 3.13. The van der Waals surface area contributed by atoms with E-state index in [1.54, 1.807) is 12.1 Å². The predicted molar refractivity (Wildman–Crippen MR) is 97.5 cm³/mol. The van der Waals surface area contributed by atoms with Gasteiger partial charge in [-0.2, -0.15) is 0 Å². The second-order valence-corrected chi connectivity index (χ2v) is 6.83. The van der Waals surface area contributed by atoms with Crippen molar-refractivity contribution in [2.24, 2.45) is 0 Å². The lowest BCUT2D eigenvalue weighted by Crippen LogP contribution is -2.44. The first-order chi connectivity index (χ1) is 12.5. The molecule has 1 amide bonds. The molecular weight excluding hydrogens is 381 g/mol. The second kappa shape index (κ2) is 8.14. The Balaban J connectivity index is 1.75. The highest BCUT2D eigenvalue weighted by Gasteiger charge is 2.24. The summed E-state index contributed by atoms with van der Waals surface area (Å²) in [4.78, 5) is 10.3. The van der Waals surface area contributed by atoms with E-state index in [4.69, 9.17) is 32.7 Å². The largest absolute Gasteiger partial charge is 0.454 e. The standard InChI is InChI=1S/C18H17Cl2NO5/c19-17(20)18(24)21-13(8-22)16(23)11-3-1-10(2-4-11)12-5-6-14-15(7-12)26-9-25-14/h1-7,13,16-17,22-23H,8-9H2,(H,21,24)/t13-,16-/m1/s1. The summed E-state index contributed by atoms with van der Waals surface area (Å²) in [6.45, 7) is -0.249. The molecule has 0 radical (unpaired) electrons. The van der Waals surface area contributed by atoms with E-state index in [9.17, 15) is 15.0 Å². The van der Waals surface area contributed by atoms with Gasteiger partial charge in [0.15, 0.2) is 16.3 Å². The molecule has 1 aliphatic rings. The van der Waals surface area contributed by atoms with Crippen LogP contribution in [0.15, 0.2) is 42.5 Å². The molecule has 1 heterocycles. The third kappa shape index (κ3) is 4.04. The minimum Gasteiger partial charge on any atom is -0.454 e. The van der Waals surface area contributed by atoms with E-state index >= 15 is 0 Å². The van der Waals surface area contributed by atoms with Gasteiger partial charge in [-0.3, -0.25) is 4.79 Å². The Morgan fingerprint density at radius 2 is 1.73 bits per heavy atom. The molecule has 1 aliphatic heterocycles. The van der Waals surface area contributed by atoms with Crippen LogP contribution >= 0.6 is 23.2 Å². The van der Waals surface area contributed by atoms with E-state index in [2.05, 4.69) is 5.32 Å². The number of aliphatic hydroxyl groups is 2. The van der Waals surface area contributed by atoms with Crippen molar-refractivity contribution in [3.8, 4) is 22.6 Å². The highest BCUT2D eigenvalue weighted by Crippen LogP contribution is 2.36. The van der Waals surface area contributed by atoms with Crippen LogP contribution in [0, 0.1) is 0 Å². The topological polar surface area (TPSA) is 88.0 Å². The third-order valence-electron chi connectivity index (χ3n) is 4.06. The summed E-state index contributed by atoms with van der Waals surface area (Å²) in [5.74, 6) is 0.717. The van der Waals surface area contributed by atoms with Crippen LogP contribution in [0.4, 0.5) is 0 Å². The van der Waals surface area contributed by atoms with Crippen LogP contribution in [-0.2, 0) is 4.79 Å². The lowest BCUT2D eigenvalue weighted by Gasteiger charge is -2.23. The number of carbonyl (C=O) groups is 1. The average molecular weight is 398 g/mol. The van der Waals surface area contributed by atoms with Gasteiger partial charge < -0.3 is 25.0 Å². The number of hydrogen-bond donors (Lipinski definition) is 3. The molecule has 0 bridgehead atoms. The van der Waals surface area contributed by atoms with Crippen molar-refractivity contribution in [2.75, 3.05) is 13.4 Å². The first-order valence-corrected chi connectivity index (χ1v) is 8.74. The SMILES string of the molecule is O=C(N[C@H](CO)[C@H](O)c1ccc(-c2ccc3c(c2)OCO3)cc1)C(Cl)Cl. The van der Waals surface area contributed by atoms with E-state index in [0.29, 0.717) is 17.1 Å². The fraction of sp³-hybridized carbons (Fsp3) is 0.278. The number of carbonyl (C=O) groups excluding carboxylic acids is 1. The number of ether oxygens (including phenoxy) is 2. The zero-order valence-corrected chi connectivity index (χ0v) is 15.1. The number of rotatable bonds is 6. The number of fused-ring (bicyclic) bond motifs is 1. The van der Waals surface area contributed by atoms with Crippen molar-refractivity contribution in [3.63, 3.8) is 0 Å². The molecule has 3 rings (SSSR count). The van der Waals surface area contributed by atoms with Gasteiger partial charge in [-0.15, -0.1) is 0 Å². The maximum atomic E-state index is 11.6. The van der Waals surface area contributed by atoms with Crippen LogP contribution in [0.25, 0.3) is 11.1 Å². The Kier molecular flexibility index (Phi) is 5.88. The number of halogens is 2. The third-order valence-corrected chi connectivity index (χ3v) is 4.46. The minimum absolute atomic E-state index is 0.212. The van der Waals surface area contributed by atoms with Crippen LogP contribution in [0.5, 0.6) is 11.5 Å². The minimum atomic E-state index is -1.27. The first-order valence-electron chi connectivity index (χ1n) is 7.87. The molecule has 0 aromatic heterocycles. The van der Waals surface area contributed by atoms with E-state index in [0.717, 1.165) is 11.1 Å². The van der Waals surface area contributed by atoms with E-state index in [-0.39, 0.29) is 6.79 Å². The number of alkyl halides is 2. The van der Waals surface area contributed by atoms with Gasteiger partial charge in [0.05, 0.1) is 12.6 Å². The summed E-state index contributed by atoms with van der Waals surface area (Å²) in [7, 11) is 0. The predicted octanol–water partition coefficient (Wildman–Crippen LogP) is 2.40. The van der Waals surface area contributed by atoms with Gasteiger partial charge in [-0.05, 0) is 28.8 Å². The summed E-state index contributed by atoms with van der Waals surface area (Å²) in [5, 5.41) is 22.2. The molecule has 26 heavy (non-hydrogen) atoms. The maximum Gasteiger partial charge on any atom is 0.253 e. The lowest BCUT2D eigenvalue weighted by atomic mass is 9.98. The molecule has 0 fully saturated rings. The van der Waals surface area contributed by atoms with Crippen molar-refractivity contribution >= 4 is 29.1 Å². The zero-order valence-electron chi connectivity index (χ0n) is 13.6. The van der Waals surface area contributed by atoms with Gasteiger partial charge >= 0.3 is 0 Å². The molecule has 2 atom stereocenters. The summed E-state index contributed by atoms with van der Waals surface area (Å²) in [5.41, 5.74) is 2.40. The fourth-order valence-corrected chi connectivity index (χ4v) is 2.78. The van der Waals surface area contributed by atoms with Gasteiger partial charge in [-0.25, -0.2) is 0 Å². The van der Waals surface area contributed by atoms with Crippen LogP contribution < -0.4 is 14.8 Å². The smallest absolute Gasteiger partial charge is 0.253 e.